The molecule has 1 aliphatic heterocycles. The summed E-state index contributed by atoms with van der Waals surface area (Å²) in [5.74, 6) is -0.216. The molecule has 1 saturated heterocycles. The zero-order valence-corrected chi connectivity index (χ0v) is 14.8. The van der Waals surface area contributed by atoms with Crippen molar-refractivity contribution in [3.8, 4) is 0 Å². The predicted octanol–water partition coefficient (Wildman–Crippen LogP) is 2.35. The number of nitrogens with one attached hydrogen (secondary N) is 1. The van der Waals surface area contributed by atoms with E-state index in [1.54, 1.807) is 12.1 Å². The fraction of sp³-hybridized carbons (Fsp3) is 0.438. The van der Waals surface area contributed by atoms with Crippen molar-refractivity contribution in [2.45, 2.75) is 31.2 Å². The quantitative estimate of drug-likeness (QED) is 0.842. The van der Waals surface area contributed by atoms with E-state index in [2.05, 4.69) is 11.9 Å². The second-order valence-electron chi connectivity index (χ2n) is 5.86. The second kappa shape index (κ2) is 7.03. The Morgan fingerprint density at radius 2 is 2.17 bits per heavy atom. The van der Waals surface area contributed by atoms with Crippen molar-refractivity contribution in [2.24, 2.45) is 5.92 Å². The Kier molecular flexibility index (Phi) is 5.49. The maximum atomic E-state index is 12.7. The molecule has 0 aromatic heterocycles. The highest BCUT2D eigenvalue weighted by molar-refractivity contribution is 7.89. The van der Waals surface area contributed by atoms with Crippen LogP contribution >= 0.6 is 11.6 Å². The number of halogens is 1. The minimum Gasteiger partial charge on any atom is -0.349 e. The molecule has 1 amide bonds. The molecule has 0 bridgehead atoms. The van der Waals surface area contributed by atoms with Crippen molar-refractivity contribution in [1.29, 1.82) is 0 Å². The van der Waals surface area contributed by atoms with Crippen molar-refractivity contribution in [3.63, 3.8) is 0 Å². The Hall–Kier alpha value is -1.37. The Balaban J connectivity index is 2.15. The monoisotopic (exact) mass is 356 g/mol. The summed E-state index contributed by atoms with van der Waals surface area (Å²) in [4.78, 5) is 11.6. The number of carbonyl (C=O) groups is 1. The highest BCUT2D eigenvalue weighted by Gasteiger charge is 2.34. The molecule has 126 valence electrons. The maximum absolute atomic E-state index is 12.7. The number of nitrogens with zero attached hydrogens (tertiary/aromatic N) is 1. The van der Waals surface area contributed by atoms with E-state index in [-0.39, 0.29) is 22.8 Å². The Morgan fingerprint density at radius 3 is 2.74 bits per heavy atom. The third kappa shape index (κ3) is 3.94. The average Bonchev–Trinajstić information content (AvgIpc) is 2.51. The van der Waals surface area contributed by atoms with Crippen LogP contribution in [0.5, 0.6) is 0 Å². The van der Waals surface area contributed by atoms with Gasteiger partial charge >= 0.3 is 0 Å². The van der Waals surface area contributed by atoms with Gasteiger partial charge in [0.05, 0.1) is 4.90 Å². The number of benzene rings is 1. The zero-order chi connectivity index (χ0) is 17.2. The molecule has 1 fully saturated rings. The molecule has 23 heavy (non-hydrogen) atoms. The molecule has 1 aromatic rings. The zero-order valence-electron chi connectivity index (χ0n) is 13.3. The number of carbonyl (C=O) groups excluding carboxylic acids is 1. The summed E-state index contributed by atoms with van der Waals surface area (Å²) >= 11 is 6.04. The molecule has 2 atom stereocenters. The first kappa shape index (κ1) is 18.0. The Labute approximate surface area is 142 Å². The van der Waals surface area contributed by atoms with Crippen molar-refractivity contribution in [3.05, 3.63) is 41.4 Å². The van der Waals surface area contributed by atoms with Gasteiger partial charge in [-0.25, -0.2) is 8.42 Å². The summed E-state index contributed by atoms with van der Waals surface area (Å²) in [6, 6.07) is 4.72. The predicted molar refractivity (Wildman–Crippen MR) is 90.9 cm³/mol. The van der Waals surface area contributed by atoms with Gasteiger partial charge < -0.3 is 5.32 Å². The highest BCUT2D eigenvalue weighted by Crippen LogP contribution is 2.26. The summed E-state index contributed by atoms with van der Waals surface area (Å²) in [7, 11) is -3.58. The number of hydrogen-bond acceptors (Lipinski definition) is 3. The van der Waals surface area contributed by atoms with Crippen LogP contribution in [0.4, 0.5) is 0 Å². The molecule has 0 aliphatic carbocycles. The molecule has 1 N–H and O–H groups in total. The molecule has 7 heteroatoms. The fourth-order valence-corrected chi connectivity index (χ4v) is 4.49. The van der Waals surface area contributed by atoms with Gasteiger partial charge in [-0.1, -0.05) is 31.2 Å². The third-order valence-electron chi connectivity index (χ3n) is 4.16. The maximum Gasteiger partial charge on any atom is 0.243 e. The van der Waals surface area contributed by atoms with Crippen LogP contribution in [0.3, 0.4) is 0 Å². The molecule has 0 saturated carbocycles. The van der Waals surface area contributed by atoms with Gasteiger partial charge in [-0.2, -0.15) is 4.31 Å². The number of rotatable bonds is 4. The van der Waals surface area contributed by atoms with Gasteiger partial charge in [-0.05, 0) is 43.0 Å². The average molecular weight is 357 g/mol. The molecule has 1 heterocycles. The van der Waals surface area contributed by atoms with Crippen molar-refractivity contribution in [1.82, 2.24) is 9.62 Å². The minimum absolute atomic E-state index is 0.0170. The van der Waals surface area contributed by atoms with E-state index in [1.807, 2.05) is 13.8 Å². The lowest BCUT2D eigenvalue weighted by Crippen LogP contribution is -2.51. The van der Waals surface area contributed by atoms with E-state index >= 15 is 0 Å². The largest absolute Gasteiger partial charge is 0.349 e. The normalized spacial score (nSPS) is 22.6. The van der Waals surface area contributed by atoms with Crippen LogP contribution in [-0.4, -0.2) is 37.8 Å². The van der Waals surface area contributed by atoms with Gasteiger partial charge in [-0.15, -0.1) is 0 Å². The van der Waals surface area contributed by atoms with Crippen LogP contribution < -0.4 is 5.32 Å². The van der Waals surface area contributed by atoms with E-state index in [4.69, 9.17) is 11.6 Å². The molecule has 0 spiro atoms. The number of hydrogen-bond donors (Lipinski definition) is 1. The fourth-order valence-electron chi connectivity index (χ4n) is 2.66. The Morgan fingerprint density at radius 1 is 1.48 bits per heavy atom. The summed E-state index contributed by atoms with van der Waals surface area (Å²) in [5.41, 5.74) is 0.838. The van der Waals surface area contributed by atoms with Crippen LogP contribution in [0.15, 0.2) is 35.7 Å². The van der Waals surface area contributed by atoms with Crippen LogP contribution in [0.1, 0.15) is 18.9 Å². The molecule has 2 rings (SSSR count). The molecule has 1 aliphatic rings. The van der Waals surface area contributed by atoms with Gasteiger partial charge in [0.1, 0.15) is 0 Å². The molecule has 2 unspecified atom stereocenters. The van der Waals surface area contributed by atoms with Crippen LogP contribution in [0.25, 0.3) is 0 Å². The molecule has 5 nitrogen and oxygen atoms in total. The molecule has 0 radical (unpaired) electrons. The molecular formula is C16H21ClN2O3S. The van der Waals surface area contributed by atoms with E-state index in [9.17, 15) is 13.2 Å². The van der Waals surface area contributed by atoms with Crippen LogP contribution in [0, 0.1) is 12.8 Å². The standard InChI is InChI=1S/C16H21ClN2O3S/c1-4-16(20)18-15-7-8-19(10-12(15)3)23(21,22)13-6-5-11(2)14(17)9-13/h4-6,9,12,15H,1,7-8,10H2,2-3H3,(H,18,20). The number of aryl methyl sites for hydroxylation is 1. The molecule has 1 aromatic carbocycles. The highest BCUT2D eigenvalue weighted by atomic mass is 35.5. The number of sulfonamides is 1. The SMILES string of the molecule is C=CC(=O)NC1CCN(S(=O)(=O)c2ccc(C)c(Cl)c2)CC1C. The van der Waals surface area contributed by atoms with Gasteiger partial charge in [0.2, 0.25) is 15.9 Å². The third-order valence-corrected chi connectivity index (χ3v) is 6.43. The van der Waals surface area contributed by atoms with Crippen molar-refractivity contribution < 1.29 is 13.2 Å². The van der Waals surface area contributed by atoms with Crippen molar-refractivity contribution in [2.75, 3.05) is 13.1 Å². The van der Waals surface area contributed by atoms with E-state index in [0.717, 1.165) is 5.56 Å². The Bertz CT molecular complexity index is 718. The van der Waals surface area contributed by atoms with Crippen LogP contribution in [-0.2, 0) is 14.8 Å². The summed E-state index contributed by atoms with van der Waals surface area (Å²) in [5, 5.41) is 3.28. The van der Waals surface area contributed by atoms with E-state index in [0.29, 0.717) is 24.5 Å². The second-order valence-corrected chi connectivity index (χ2v) is 8.20. The summed E-state index contributed by atoms with van der Waals surface area (Å²) < 4.78 is 26.9. The first-order valence-electron chi connectivity index (χ1n) is 7.45. The van der Waals surface area contributed by atoms with Gasteiger partial charge in [0, 0.05) is 24.2 Å². The van der Waals surface area contributed by atoms with Gasteiger partial charge in [-0.3, -0.25) is 4.79 Å². The lowest BCUT2D eigenvalue weighted by molar-refractivity contribution is -0.117. The van der Waals surface area contributed by atoms with E-state index < -0.39 is 10.0 Å². The lowest BCUT2D eigenvalue weighted by Gasteiger charge is -2.36. The van der Waals surface area contributed by atoms with E-state index in [1.165, 1.54) is 16.4 Å². The smallest absolute Gasteiger partial charge is 0.243 e. The number of amides is 1. The summed E-state index contributed by atoms with van der Waals surface area (Å²) in [6.45, 7) is 7.90. The minimum atomic E-state index is -3.58. The van der Waals surface area contributed by atoms with Crippen LogP contribution in [0.2, 0.25) is 5.02 Å². The lowest BCUT2D eigenvalue weighted by atomic mass is 9.95. The van der Waals surface area contributed by atoms with Gasteiger partial charge in [0.25, 0.3) is 0 Å². The molecular weight excluding hydrogens is 336 g/mol. The summed E-state index contributed by atoms with van der Waals surface area (Å²) in [6.07, 6.45) is 1.80. The topological polar surface area (TPSA) is 66.5 Å². The number of piperidine rings is 1. The van der Waals surface area contributed by atoms with Gasteiger partial charge in [0.15, 0.2) is 0 Å². The van der Waals surface area contributed by atoms with Crippen molar-refractivity contribution >= 4 is 27.5 Å². The first-order valence-corrected chi connectivity index (χ1v) is 9.26. The first-order chi connectivity index (χ1) is 10.8.